The number of ether oxygens (including phenoxy) is 2. The molecule has 0 fully saturated rings. The molecule has 0 spiro atoms. The van der Waals surface area contributed by atoms with Crippen molar-refractivity contribution >= 4 is 17.8 Å². The molecule has 0 aliphatic rings. The molecule has 0 bridgehead atoms. The molecule has 0 saturated carbocycles. The Bertz CT molecular complexity index is 847. The van der Waals surface area contributed by atoms with E-state index in [1.54, 1.807) is 0 Å². The molecule has 0 aromatic carbocycles. The maximum absolute atomic E-state index is 12.7. The van der Waals surface area contributed by atoms with Crippen molar-refractivity contribution in [2.45, 2.75) is 246 Å². The number of carbonyl (C=O) groups is 3. The second-order valence-electron chi connectivity index (χ2n) is 17.0. The van der Waals surface area contributed by atoms with Gasteiger partial charge in [-0.1, -0.05) is 176 Å². The lowest BCUT2D eigenvalue weighted by molar-refractivity contribution is -0.146. The van der Waals surface area contributed by atoms with Crippen molar-refractivity contribution in [3.8, 4) is 0 Å². The minimum Gasteiger partial charge on any atom is -0.466 e. The zero-order chi connectivity index (χ0) is 40.6. The van der Waals surface area contributed by atoms with Gasteiger partial charge in [-0.15, -0.1) is 0 Å². The number of hydrogen-bond acceptors (Lipinski definition) is 6. The Morgan fingerprint density at radius 3 is 1.13 bits per heavy atom. The zero-order valence-corrected chi connectivity index (χ0v) is 37.7. The summed E-state index contributed by atoms with van der Waals surface area (Å²) in [4.78, 5) is 39.8. The highest BCUT2D eigenvalue weighted by atomic mass is 16.5. The van der Waals surface area contributed by atoms with Crippen LogP contribution in [0.5, 0.6) is 0 Å². The van der Waals surface area contributed by atoms with Crippen LogP contribution in [0.2, 0.25) is 0 Å². The van der Waals surface area contributed by atoms with Crippen molar-refractivity contribution in [3.05, 3.63) is 0 Å². The summed E-state index contributed by atoms with van der Waals surface area (Å²) in [6.07, 6.45) is 36.2. The van der Waals surface area contributed by atoms with Crippen molar-refractivity contribution in [1.29, 1.82) is 0 Å². The summed E-state index contributed by atoms with van der Waals surface area (Å²) in [6.45, 7) is 13.5. The van der Waals surface area contributed by atoms with E-state index in [9.17, 15) is 14.4 Å². The second-order valence-corrected chi connectivity index (χ2v) is 17.0. The topological polar surface area (TPSA) is 84.9 Å². The lowest BCUT2D eigenvalue weighted by atomic mass is 9.92. The van der Waals surface area contributed by atoms with E-state index in [1.165, 1.54) is 103 Å². The number of likely N-dealkylation sites (N-methyl/N-ethyl adjacent to an activating group) is 1. The molecule has 55 heavy (non-hydrogen) atoms. The van der Waals surface area contributed by atoms with Gasteiger partial charge in [-0.25, -0.2) is 0 Å². The third-order valence-electron chi connectivity index (χ3n) is 11.5. The maximum atomic E-state index is 12.7. The number of hydrogen-bond donors (Lipinski definition) is 1. The number of esters is 2. The lowest BCUT2D eigenvalue weighted by Crippen LogP contribution is -2.41. The van der Waals surface area contributed by atoms with E-state index in [2.05, 4.69) is 44.8 Å². The maximum Gasteiger partial charge on any atom is 0.306 e. The quantitative estimate of drug-likeness (QED) is 0.0491. The van der Waals surface area contributed by atoms with Crippen LogP contribution in [-0.4, -0.2) is 62.1 Å². The fourth-order valence-electron chi connectivity index (χ4n) is 7.71. The van der Waals surface area contributed by atoms with E-state index in [0.29, 0.717) is 44.4 Å². The van der Waals surface area contributed by atoms with Crippen LogP contribution in [0.1, 0.15) is 240 Å². The first-order valence-corrected chi connectivity index (χ1v) is 24.1. The molecule has 1 unspecified atom stereocenters. The van der Waals surface area contributed by atoms with Gasteiger partial charge in [0, 0.05) is 18.9 Å². The van der Waals surface area contributed by atoms with E-state index < -0.39 is 0 Å². The predicted octanol–water partition coefficient (Wildman–Crippen LogP) is 13.3. The van der Waals surface area contributed by atoms with Gasteiger partial charge >= 0.3 is 11.9 Å². The van der Waals surface area contributed by atoms with Crippen LogP contribution in [0, 0.1) is 11.8 Å². The fraction of sp³-hybridized carbons (Fsp3) is 0.938. The average molecular weight is 779 g/mol. The van der Waals surface area contributed by atoms with Crippen LogP contribution in [0.3, 0.4) is 0 Å². The Morgan fingerprint density at radius 1 is 0.455 bits per heavy atom. The summed E-state index contributed by atoms with van der Waals surface area (Å²) in [6, 6.07) is 0.244. The molecule has 1 amide bonds. The van der Waals surface area contributed by atoms with Crippen LogP contribution in [0.15, 0.2) is 0 Å². The molecule has 0 aromatic rings. The monoisotopic (exact) mass is 779 g/mol. The zero-order valence-electron chi connectivity index (χ0n) is 37.7. The molecule has 0 rings (SSSR count). The molecular formula is C48H94N2O5. The summed E-state index contributed by atoms with van der Waals surface area (Å²) in [5.41, 5.74) is 0. The lowest BCUT2D eigenvalue weighted by Gasteiger charge is -2.21. The van der Waals surface area contributed by atoms with Crippen molar-refractivity contribution < 1.29 is 23.9 Å². The Kier molecular flexibility index (Phi) is 39.4. The number of rotatable bonds is 42. The molecule has 1 atom stereocenters. The summed E-state index contributed by atoms with van der Waals surface area (Å²) < 4.78 is 11.3. The molecule has 0 aliphatic carbocycles. The first kappa shape index (κ1) is 53.4. The molecule has 326 valence electrons. The highest BCUT2D eigenvalue weighted by Crippen LogP contribution is 2.23. The average Bonchev–Trinajstić information content (AvgIpc) is 3.16. The predicted molar refractivity (Wildman–Crippen MR) is 234 cm³/mol. The van der Waals surface area contributed by atoms with Gasteiger partial charge in [-0.2, -0.15) is 0 Å². The molecule has 1 N–H and O–H groups in total. The molecule has 0 saturated heterocycles. The Balaban J connectivity index is 4.27. The third kappa shape index (κ3) is 36.5. The number of carbonyl (C=O) groups excluding carboxylic acids is 3. The smallest absolute Gasteiger partial charge is 0.306 e. The normalized spacial score (nSPS) is 12.2. The summed E-state index contributed by atoms with van der Waals surface area (Å²) in [5.74, 6) is 1.12. The molecule has 0 radical (unpaired) electrons. The molecule has 7 heteroatoms. The summed E-state index contributed by atoms with van der Waals surface area (Å²) in [7, 11) is 2.00. The van der Waals surface area contributed by atoms with E-state index >= 15 is 0 Å². The summed E-state index contributed by atoms with van der Waals surface area (Å²) in [5, 5.41) is 3.34. The van der Waals surface area contributed by atoms with E-state index in [-0.39, 0.29) is 23.9 Å². The molecular weight excluding hydrogens is 685 g/mol. The molecule has 0 aliphatic heterocycles. The minimum absolute atomic E-state index is 0.00216. The van der Waals surface area contributed by atoms with Crippen LogP contribution in [-0.2, 0) is 23.9 Å². The largest absolute Gasteiger partial charge is 0.466 e. The van der Waals surface area contributed by atoms with E-state index in [4.69, 9.17) is 9.47 Å². The van der Waals surface area contributed by atoms with Crippen LogP contribution >= 0.6 is 0 Å². The number of nitrogens with one attached hydrogen (secondary N) is 1. The standard InChI is InChI=1S/C48H94N2O5/c1-7-12-24-32-43(33-25-13-8-2)40-47(52)54-38-30-22-18-16-17-20-28-36-45(49-46(51)42-50(6)11-5)37-29-21-19-23-31-39-55-48(53)41-44(34-26-14-9-3)35-27-15-10-4/h43-45H,7-42H2,1-6H3,(H,49,51). The van der Waals surface area contributed by atoms with Gasteiger partial charge in [0.05, 0.1) is 19.8 Å². The first-order valence-electron chi connectivity index (χ1n) is 24.1. The highest BCUT2D eigenvalue weighted by molar-refractivity contribution is 5.78. The Morgan fingerprint density at radius 2 is 0.782 bits per heavy atom. The molecule has 7 nitrogen and oxygen atoms in total. The van der Waals surface area contributed by atoms with Gasteiger partial charge < -0.3 is 14.8 Å². The van der Waals surface area contributed by atoms with Crippen molar-refractivity contribution in [1.82, 2.24) is 10.2 Å². The third-order valence-corrected chi connectivity index (χ3v) is 11.5. The van der Waals surface area contributed by atoms with Gasteiger partial charge in [0.1, 0.15) is 0 Å². The summed E-state index contributed by atoms with van der Waals surface area (Å²) >= 11 is 0. The van der Waals surface area contributed by atoms with Crippen LogP contribution in [0.25, 0.3) is 0 Å². The van der Waals surface area contributed by atoms with Gasteiger partial charge in [0.25, 0.3) is 0 Å². The number of unbranched alkanes of at least 4 members (excludes halogenated alkanes) is 18. The van der Waals surface area contributed by atoms with Gasteiger partial charge in [-0.3, -0.25) is 19.3 Å². The van der Waals surface area contributed by atoms with Crippen LogP contribution < -0.4 is 5.32 Å². The van der Waals surface area contributed by atoms with Crippen LogP contribution in [0.4, 0.5) is 0 Å². The Hall–Kier alpha value is -1.63. The van der Waals surface area contributed by atoms with Crippen molar-refractivity contribution in [3.63, 3.8) is 0 Å². The SMILES string of the molecule is CCCCCC(CCCCC)CC(=O)OCCCCCCCCCC(CCCCCCCOC(=O)CC(CCCCC)CCCCC)NC(=O)CN(C)CC. The fourth-order valence-corrected chi connectivity index (χ4v) is 7.71. The second kappa shape index (κ2) is 40.6. The molecule has 0 aromatic heterocycles. The highest BCUT2D eigenvalue weighted by Gasteiger charge is 2.17. The van der Waals surface area contributed by atoms with Crippen molar-refractivity contribution in [2.75, 3.05) is 33.4 Å². The number of amides is 1. The molecule has 0 heterocycles. The number of nitrogens with zero attached hydrogens (tertiary/aromatic N) is 1. The van der Waals surface area contributed by atoms with Gasteiger partial charge in [0.15, 0.2) is 0 Å². The minimum atomic E-state index is -0.00216. The Labute approximate surface area is 342 Å². The van der Waals surface area contributed by atoms with Crippen molar-refractivity contribution in [2.24, 2.45) is 11.8 Å². The van der Waals surface area contributed by atoms with E-state index in [1.807, 2.05) is 7.05 Å². The first-order chi connectivity index (χ1) is 26.8. The van der Waals surface area contributed by atoms with E-state index in [0.717, 1.165) is 96.4 Å². The van der Waals surface area contributed by atoms with Gasteiger partial charge in [0.2, 0.25) is 5.91 Å². The van der Waals surface area contributed by atoms with Gasteiger partial charge in [-0.05, 0) is 76.8 Å².